The summed E-state index contributed by atoms with van der Waals surface area (Å²) in [5.41, 5.74) is 7.85. The summed E-state index contributed by atoms with van der Waals surface area (Å²) >= 11 is 2.21. The molecule has 0 saturated carbocycles. The molecule has 3 rings (SSSR count). The van der Waals surface area contributed by atoms with E-state index in [2.05, 4.69) is 44.9 Å². The normalized spacial score (nSPS) is 10.9. The Kier molecular flexibility index (Phi) is 3.52. The van der Waals surface area contributed by atoms with Crippen molar-refractivity contribution in [2.45, 2.75) is 6.92 Å². The third-order valence-corrected chi connectivity index (χ3v) is 4.28. The van der Waals surface area contributed by atoms with Gasteiger partial charge < -0.3 is 10.5 Å². The van der Waals surface area contributed by atoms with E-state index < -0.39 is 0 Å². The lowest BCUT2D eigenvalue weighted by Crippen LogP contribution is -1.93. The number of aromatic nitrogens is 2. The molecule has 0 aliphatic rings. The number of anilines is 1. The minimum absolute atomic E-state index is 0.526. The van der Waals surface area contributed by atoms with E-state index in [4.69, 9.17) is 10.5 Å². The molecule has 102 valence electrons. The van der Waals surface area contributed by atoms with E-state index in [9.17, 15) is 0 Å². The van der Waals surface area contributed by atoms with Crippen LogP contribution in [0.3, 0.4) is 0 Å². The number of nitrogen functional groups attached to an aromatic ring is 1. The highest BCUT2D eigenvalue weighted by atomic mass is 127. The Hall–Kier alpha value is -1.76. The van der Waals surface area contributed by atoms with Gasteiger partial charge >= 0.3 is 0 Å². The SMILES string of the molecule is CCOc1ccc(-c2[nH]nc(N)c2I)c2ccccc12. The summed E-state index contributed by atoms with van der Waals surface area (Å²) < 4.78 is 6.63. The third kappa shape index (κ3) is 2.11. The highest BCUT2D eigenvalue weighted by Gasteiger charge is 2.14. The number of hydrogen-bond donors (Lipinski definition) is 2. The molecule has 4 nitrogen and oxygen atoms in total. The lowest BCUT2D eigenvalue weighted by Gasteiger charge is -2.11. The number of hydrogen-bond acceptors (Lipinski definition) is 3. The molecule has 3 N–H and O–H groups in total. The van der Waals surface area contributed by atoms with Crippen LogP contribution in [-0.2, 0) is 0 Å². The standard InChI is InChI=1S/C15H14IN3O/c1-2-20-12-8-7-11(9-5-3-4-6-10(9)12)14-13(16)15(17)19-18-14/h3-8H,2H2,1H3,(H3,17,18,19). The monoisotopic (exact) mass is 379 g/mol. The molecule has 0 bridgehead atoms. The summed E-state index contributed by atoms with van der Waals surface area (Å²) in [7, 11) is 0. The van der Waals surface area contributed by atoms with Crippen molar-refractivity contribution in [1.29, 1.82) is 0 Å². The van der Waals surface area contributed by atoms with Gasteiger partial charge in [0, 0.05) is 10.9 Å². The van der Waals surface area contributed by atoms with E-state index >= 15 is 0 Å². The van der Waals surface area contributed by atoms with Crippen LogP contribution in [0, 0.1) is 3.57 Å². The van der Waals surface area contributed by atoms with Crippen LogP contribution in [0.25, 0.3) is 22.0 Å². The van der Waals surface area contributed by atoms with Gasteiger partial charge in [-0.05, 0) is 47.0 Å². The van der Waals surface area contributed by atoms with Crippen LogP contribution in [0.5, 0.6) is 5.75 Å². The molecule has 3 aromatic rings. The average molecular weight is 379 g/mol. The second-order valence-electron chi connectivity index (χ2n) is 4.39. The largest absolute Gasteiger partial charge is 0.493 e. The van der Waals surface area contributed by atoms with Gasteiger partial charge in [0.05, 0.1) is 15.9 Å². The summed E-state index contributed by atoms with van der Waals surface area (Å²) in [6, 6.07) is 12.2. The summed E-state index contributed by atoms with van der Waals surface area (Å²) in [6.45, 7) is 2.64. The maximum atomic E-state index is 5.83. The number of nitrogens with one attached hydrogen (secondary N) is 1. The van der Waals surface area contributed by atoms with Gasteiger partial charge in [0.2, 0.25) is 0 Å². The maximum absolute atomic E-state index is 5.83. The second kappa shape index (κ2) is 5.32. The predicted octanol–water partition coefficient (Wildman–Crippen LogP) is 3.82. The van der Waals surface area contributed by atoms with E-state index in [0.717, 1.165) is 31.3 Å². The summed E-state index contributed by atoms with van der Waals surface area (Å²) in [5.74, 6) is 1.42. The minimum Gasteiger partial charge on any atom is -0.493 e. The summed E-state index contributed by atoms with van der Waals surface area (Å²) in [6.07, 6.45) is 0. The molecular weight excluding hydrogens is 365 g/mol. The lowest BCUT2D eigenvalue weighted by molar-refractivity contribution is 0.344. The molecule has 0 saturated heterocycles. The van der Waals surface area contributed by atoms with Crippen LogP contribution in [0.4, 0.5) is 5.82 Å². The Labute approximate surface area is 130 Å². The van der Waals surface area contributed by atoms with Crippen molar-refractivity contribution in [2.75, 3.05) is 12.3 Å². The summed E-state index contributed by atoms with van der Waals surface area (Å²) in [5, 5.41) is 9.30. The average Bonchev–Trinajstić information content (AvgIpc) is 2.80. The molecule has 0 amide bonds. The molecular formula is C15H14IN3O. The molecule has 0 radical (unpaired) electrons. The first-order chi connectivity index (χ1) is 9.72. The second-order valence-corrected chi connectivity index (χ2v) is 5.47. The van der Waals surface area contributed by atoms with Gasteiger partial charge in [-0.3, -0.25) is 5.10 Å². The third-order valence-electron chi connectivity index (χ3n) is 3.19. The molecule has 1 aromatic heterocycles. The molecule has 20 heavy (non-hydrogen) atoms. The van der Waals surface area contributed by atoms with Crippen molar-refractivity contribution < 1.29 is 4.74 Å². The van der Waals surface area contributed by atoms with Crippen LogP contribution in [0.2, 0.25) is 0 Å². The van der Waals surface area contributed by atoms with Gasteiger partial charge in [-0.25, -0.2) is 0 Å². The topological polar surface area (TPSA) is 63.9 Å². The van der Waals surface area contributed by atoms with Crippen molar-refractivity contribution in [1.82, 2.24) is 10.2 Å². The van der Waals surface area contributed by atoms with Crippen LogP contribution in [0.1, 0.15) is 6.92 Å². The molecule has 0 aliphatic heterocycles. The quantitative estimate of drug-likeness (QED) is 0.681. The number of rotatable bonds is 3. The molecule has 2 aromatic carbocycles. The van der Waals surface area contributed by atoms with Crippen molar-refractivity contribution in [3.8, 4) is 17.0 Å². The number of nitrogens with two attached hydrogens (primary N) is 1. The highest BCUT2D eigenvalue weighted by Crippen LogP contribution is 2.36. The molecule has 0 atom stereocenters. The minimum atomic E-state index is 0.526. The van der Waals surface area contributed by atoms with Crippen LogP contribution < -0.4 is 10.5 Å². The van der Waals surface area contributed by atoms with E-state index in [0.29, 0.717) is 12.4 Å². The van der Waals surface area contributed by atoms with Crippen molar-refractivity contribution in [3.05, 3.63) is 40.0 Å². The molecule has 0 unspecified atom stereocenters. The zero-order chi connectivity index (χ0) is 14.1. The Balaban J connectivity index is 2.28. The predicted molar refractivity (Wildman–Crippen MR) is 89.8 cm³/mol. The summed E-state index contributed by atoms with van der Waals surface area (Å²) in [4.78, 5) is 0. The fourth-order valence-electron chi connectivity index (χ4n) is 2.29. The number of fused-ring (bicyclic) bond motifs is 1. The first kappa shape index (κ1) is 13.2. The van der Waals surface area contributed by atoms with E-state index in [1.54, 1.807) is 0 Å². The zero-order valence-electron chi connectivity index (χ0n) is 11.0. The lowest BCUT2D eigenvalue weighted by atomic mass is 10.0. The van der Waals surface area contributed by atoms with E-state index in [-0.39, 0.29) is 0 Å². The van der Waals surface area contributed by atoms with Gasteiger partial charge in [0.25, 0.3) is 0 Å². The van der Waals surface area contributed by atoms with Crippen molar-refractivity contribution in [3.63, 3.8) is 0 Å². The van der Waals surface area contributed by atoms with Crippen molar-refractivity contribution in [2.24, 2.45) is 0 Å². The van der Waals surface area contributed by atoms with Crippen molar-refractivity contribution >= 4 is 39.2 Å². The first-order valence-electron chi connectivity index (χ1n) is 6.36. The van der Waals surface area contributed by atoms with E-state index in [1.807, 2.05) is 31.2 Å². The first-order valence-corrected chi connectivity index (χ1v) is 7.44. The van der Waals surface area contributed by atoms with Crippen LogP contribution in [0.15, 0.2) is 36.4 Å². The Morgan fingerprint density at radius 1 is 1.20 bits per heavy atom. The Morgan fingerprint density at radius 2 is 1.95 bits per heavy atom. The smallest absolute Gasteiger partial charge is 0.159 e. The zero-order valence-corrected chi connectivity index (χ0v) is 13.1. The molecule has 0 fully saturated rings. The molecule has 0 spiro atoms. The highest BCUT2D eigenvalue weighted by molar-refractivity contribution is 14.1. The number of benzene rings is 2. The fraction of sp³-hybridized carbons (Fsp3) is 0.133. The number of nitrogens with zero attached hydrogens (tertiary/aromatic N) is 1. The fourth-order valence-corrected chi connectivity index (χ4v) is 2.82. The van der Waals surface area contributed by atoms with Gasteiger partial charge in [0.15, 0.2) is 5.82 Å². The van der Waals surface area contributed by atoms with Gasteiger partial charge in [0.1, 0.15) is 5.75 Å². The maximum Gasteiger partial charge on any atom is 0.159 e. The van der Waals surface area contributed by atoms with E-state index in [1.165, 1.54) is 0 Å². The number of ether oxygens (including phenoxy) is 1. The van der Waals surface area contributed by atoms with Gasteiger partial charge in [-0.2, -0.15) is 5.10 Å². The molecule has 0 aliphatic carbocycles. The van der Waals surface area contributed by atoms with Crippen LogP contribution in [-0.4, -0.2) is 16.8 Å². The molecule has 1 heterocycles. The van der Waals surface area contributed by atoms with Gasteiger partial charge in [-0.1, -0.05) is 24.3 Å². The van der Waals surface area contributed by atoms with Crippen LogP contribution >= 0.6 is 22.6 Å². The number of halogens is 1. The molecule has 5 heteroatoms. The van der Waals surface area contributed by atoms with Gasteiger partial charge in [-0.15, -0.1) is 0 Å². The number of H-pyrrole nitrogens is 1. The Bertz CT molecular complexity index is 767. The Morgan fingerprint density at radius 3 is 2.60 bits per heavy atom. The number of aromatic amines is 1.